The first-order chi connectivity index (χ1) is 9.58. The Morgan fingerprint density at radius 3 is 2.70 bits per heavy atom. The van der Waals surface area contributed by atoms with Gasteiger partial charge in [0.1, 0.15) is 18.2 Å². The van der Waals surface area contributed by atoms with E-state index in [-0.39, 0.29) is 11.9 Å². The van der Waals surface area contributed by atoms with E-state index in [1.807, 2.05) is 31.2 Å². The number of amides is 1. The highest BCUT2D eigenvalue weighted by Crippen LogP contribution is 2.18. The van der Waals surface area contributed by atoms with Crippen LogP contribution >= 0.6 is 0 Å². The highest BCUT2D eigenvalue weighted by Gasteiger charge is 2.14. The summed E-state index contributed by atoms with van der Waals surface area (Å²) in [5.74, 6) is 1.09. The average molecular weight is 272 g/mol. The topological polar surface area (TPSA) is 66.9 Å². The summed E-state index contributed by atoms with van der Waals surface area (Å²) in [4.78, 5) is 20.4. The standard InChI is InChI=1S/C15H20N4O/c1-10(2)8-16-15(20)11(3)19-14-12-6-4-5-7-13(12)17-9-18-14/h4-7,9-11H,8H2,1-3H3,(H,16,20)(H,17,18,19). The molecule has 0 saturated heterocycles. The van der Waals surface area contributed by atoms with Crippen LogP contribution < -0.4 is 10.6 Å². The molecule has 0 saturated carbocycles. The molecule has 0 aliphatic carbocycles. The molecule has 1 amide bonds. The predicted molar refractivity (Wildman–Crippen MR) is 80.5 cm³/mol. The Bertz CT molecular complexity index is 592. The molecule has 20 heavy (non-hydrogen) atoms. The summed E-state index contributed by atoms with van der Waals surface area (Å²) in [6.07, 6.45) is 1.50. The van der Waals surface area contributed by atoms with Crippen LogP contribution in [0.2, 0.25) is 0 Å². The number of para-hydroxylation sites is 1. The number of nitrogens with one attached hydrogen (secondary N) is 2. The minimum Gasteiger partial charge on any atom is -0.358 e. The summed E-state index contributed by atoms with van der Waals surface area (Å²) >= 11 is 0. The molecule has 2 N–H and O–H groups in total. The summed E-state index contributed by atoms with van der Waals surface area (Å²) in [7, 11) is 0. The first-order valence-corrected chi connectivity index (χ1v) is 6.82. The maximum Gasteiger partial charge on any atom is 0.242 e. The highest BCUT2D eigenvalue weighted by molar-refractivity contribution is 5.91. The minimum absolute atomic E-state index is 0.0265. The van der Waals surface area contributed by atoms with Gasteiger partial charge in [-0.3, -0.25) is 4.79 Å². The van der Waals surface area contributed by atoms with Crippen LogP contribution in [-0.2, 0) is 4.79 Å². The van der Waals surface area contributed by atoms with Gasteiger partial charge >= 0.3 is 0 Å². The maximum absolute atomic E-state index is 12.0. The highest BCUT2D eigenvalue weighted by atomic mass is 16.2. The van der Waals surface area contributed by atoms with E-state index in [9.17, 15) is 4.79 Å². The number of fused-ring (bicyclic) bond motifs is 1. The molecule has 1 unspecified atom stereocenters. The molecule has 106 valence electrons. The molecule has 0 radical (unpaired) electrons. The lowest BCUT2D eigenvalue weighted by molar-refractivity contribution is -0.121. The van der Waals surface area contributed by atoms with Crippen LogP contribution in [0.4, 0.5) is 5.82 Å². The third-order valence-electron chi connectivity index (χ3n) is 2.97. The quantitative estimate of drug-likeness (QED) is 0.875. The number of aromatic nitrogens is 2. The lowest BCUT2D eigenvalue weighted by atomic mass is 10.2. The van der Waals surface area contributed by atoms with Crippen LogP contribution in [0.3, 0.4) is 0 Å². The van der Waals surface area contributed by atoms with Crippen LogP contribution in [0.5, 0.6) is 0 Å². The fourth-order valence-electron chi connectivity index (χ4n) is 1.85. The summed E-state index contributed by atoms with van der Waals surface area (Å²) in [5, 5.41) is 6.97. The van der Waals surface area contributed by atoms with Gasteiger partial charge in [0.2, 0.25) is 5.91 Å². The monoisotopic (exact) mass is 272 g/mol. The van der Waals surface area contributed by atoms with E-state index in [0.717, 1.165) is 10.9 Å². The van der Waals surface area contributed by atoms with E-state index in [0.29, 0.717) is 18.3 Å². The van der Waals surface area contributed by atoms with Crippen molar-refractivity contribution in [2.75, 3.05) is 11.9 Å². The molecule has 1 aromatic carbocycles. The van der Waals surface area contributed by atoms with Gasteiger partial charge in [0.05, 0.1) is 5.52 Å². The Labute approximate surface area is 118 Å². The molecule has 0 spiro atoms. The number of carbonyl (C=O) groups excluding carboxylic acids is 1. The number of benzene rings is 1. The zero-order chi connectivity index (χ0) is 14.5. The first kappa shape index (κ1) is 14.2. The maximum atomic E-state index is 12.0. The van der Waals surface area contributed by atoms with Gasteiger partial charge in [0.25, 0.3) is 0 Å². The average Bonchev–Trinajstić information content (AvgIpc) is 2.45. The molecule has 2 rings (SSSR count). The predicted octanol–water partition coefficient (Wildman–Crippen LogP) is 2.20. The van der Waals surface area contributed by atoms with Gasteiger partial charge in [0, 0.05) is 11.9 Å². The Balaban J connectivity index is 2.10. The lowest BCUT2D eigenvalue weighted by Crippen LogP contribution is -2.39. The number of nitrogens with zero attached hydrogens (tertiary/aromatic N) is 2. The molecule has 1 heterocycles. The summed E-state index contributed by atoms with van der Waals surface area (Å²) in [6.45, 7) is 6.63. The van der Waals surface area contributed by atoms with Crippen molar-refractivity contribution in [3.8, 4) is 0 Å². The molecule has 5 heteroatoms. The van der Waals surface area contributed by atoms with Crippen LogP contribution in [0.15, 0.2) is 30.6 Å². The molecule has 1 aromatic heterocycles. The molecule has 0 aliphatic rings. The summed E-state index contributed by atoms with van der Waals surface area (Å²) < 4.78 is 0. The van der Waals surface area contributed by atoms with Gasteiger partial charge in [-0.25, -0.2) is 9.97 Å². The van der Waals surface area contributed by atoms with Crippen molar-refractivity contribution in [1.29, 1.82) is 0 Å². The van der Waals surface area contributed by atoms with Crippen LogP contribution in [0, 0.1) is 5.92 Å². The number of rotatable bonds is 5. The van der Waals surface area contributed by atoms with Gasteiger partial charge in [-0.15, -0.1) is 0 Å². The van der Waals surface area contributed by atoms with Crippen molar-refractivity contribution < 1.29 is 4.79 Å². The Hall–Kier alpha value is -2.17. The SMILES string of the molecule is CC(C)CNC(=O)C(C)Nc1ncnc2ccccc12. The van der Waals surface area contributed by atoms with Crippen LogP contribution in [0.1, 0.15) is 20.8 Å². The zero-order valence-corrected chi connectivity index (χ0v) is 12.1. The molecule has 0 fully saturated rings. The van der Waals surface area contributed by atoms with Gasteiger partial charge in [0.15, 0.2) is 0 Å². The molecule has 0 bridgehead atoms. The molecule has 0 aliphatic heterocycles. The van der Waals surface area contributed by atoms with Crippen molar-refractivity contribution >= 4 is 22.6 Å². The van der Waals surface area contributed by atoms with Crippen molar-refractivity contribution in [3.05, 3.63) is 30.6 Å². The van der Waals surface area contributed by atoms with Gasteiger partial charge in [-0.05, 0) is 25.0 Å². The van der Waals surface area contributed by atoms with Gasteiger partial charge in [-0.2, -0.15) is 0 Å². The van der Waals surface area contributed by atoms with E-state index in [2.05, 4.69) is 34.4 Å². The number of hydrogen-bond acceptors (Lipinski definition) is 4. The third kappa shape index (κ3) is 3.44. The van der Waals surface area contributed by atoms with E-state index < -0.39 is 0 Å². The summed E-state index contributed by atoms with van der Waals surface area (Å²) in [6, 6.07) is 7.38. The second kappa shape index (κ2) is 6.32. The van der Waals surface area contributed by atoms with Gasteiger partial charge < -0.3 is 10.6 Å². The van der Waals surface area contributed by atoms with Crippen LogP contribution in [-0.4, -0.2) is 28.5 Å². The Kier molecular flexibility index (Phi) is 4.50. The molecule has 2 aromatic rings. The minimum atomic E-state index is -0.341. The number of carbonyl (C=O) groups is 1. The van der Waals surface area contributed by atoms with Crippen molar-refractivity contribution in [3.63, 3.8) is 0 Å². The van der Waals surface area contributed by atoms with E-state index >= 15 is 0 Å². The van der Waals surface area contributed by atoms with E-state index in [1.54, 1.807) is 0 Å². The summed E-state index contributed by atoms with van der Waals surface area (Å²) in [5.41, 5.74) is 0.861. The second-order valence-corrected chi connectivity index (χ2v) is 5.24. The third-order valence-corrected chi connectivity index (χ3v) is 2.97. The Morgan fingerprint density at radius 1 is 1.20 bits per heavy atom. The first-order valence-electron chi connectivity index (χ1n) is 6.82. The normalized spacial score (nSPS) is 12.4. The fraction of sp³-hybridized carbons (Fsp3) is 0.400. The fourth-order valence-corrected chi connectivity index (χ4v) is 1.85. The van der Waals surface area contributed by atoms with Crippen molar-refractivity contribution in [1.82, 2.24) is 15.3 Å². The number of anilines is 1. The Morgan fingerprint density at radius 2 is 1.95 bits per heavy atom. The smallest absolute Gasteiger partial charge is 0.242 e. The van der Waals surface area contributed by atoms with Crippen molar-refractivity contribution in [2.24, 2.45) is 5.92 Å². The molecule has 1 atom stereocenters. The largest absolute Gasteiger partial charge is 0.358 e. The molecular formula is C15H20N4O. The zero-order valence-electron chi connectivity index (χ0n) is 12.1. The van der Waals surface area contributed by atoms with E-state index in [1.165, 1.54) is 6.33 Å². The van der Waals surface area contributed by atoms with Gasteiger partial charge in [-0.1, -0.05) is 26.0 Å². The van der Waals surface area contributed by atoms with E-state index in [4.69, 9.17) is 0 Å². The molecular weight excluding hydrogens is 252 g/mol. The van der Waals surface area contributed by atoms with Crippen molar-refractivity contribution in [2.45, 2.75) is 26.8 Å². The van der Waals surface area contributed by atoms with Crippen LogP contribution in [0.25, 0.3) is 10.9 Å². The lowest BCUT2D eigenvalue weighted by Gasteiger charge is -2.16. The molecule has 5 nitrogen and oxygen atoms in total. The number of hydrogen-bond donors (Lipinski definition) is 2. The second-order valence-electron chi connectivity index (χ2n) is 5.24.